The first kappa shape index (κ1) is 69.5. The Kier molecular flexibility index (Phi) is 26.3. The SMILES string of the molecule is CCC(C)C1C(=O)NCC(=O)N(C)C(C(C)C)C(=O)NC(Cc2ccc(OC)cc2)C(=O)OC(C(C)C)C(=O)N2CCCCC2C(=O)N(C)C(C(C)C)C(=O)NC(C(C)C)C(=O)N(C)C(CC(=O)O)C(=O)N(C)C(CC(C)C)C(=O)N1C. The third-order valence-electron chi connectivity index (χ3n) is 15.9. The van der Waals surface area contributed by atoms with E-state index >= 15 is 0 Å². The molecule has 1 aromatic rings. The molecule has 0 aromatic heterocycles. The van der Waals surface area contributed by atoms with Crippen molar-refractivity contribution in [1.29, 1.82) is 0 Å². The molecule has 82 heavy (non-hydrogen) atoms. The zero-order chi connectivity index (χ0) is 62.4. The number of hydrogen-bond acceptors (Lipinski definition) is 13. The van der Waals surface area contributed by atoms with E-state index in [0.29, 0.717) is 30.6 Å². The highest BCUT2D eigenvalue weighted by Crippen LogP contribution is 2.27. The van der Waals surface area contributed by atoms with Crippen molar-refractivity contribution in [3.05, 3.63) is 29.8 Å². The van der Waals surface area contributed by atoms with E-state index in [1.54, 1.807) is 86.6 Å². The van der Waals surface area contributed by atoms with Gasteiger partial charge in [0, 0.05) is 48.2 Å². The minimum atomic E-state index is -1.69. The summed E-state index contributed by atoms with van der Waals surface area (Å²) in [4.78, 5) is 166. The van der Waals surface area contributed by atoms with Crippen molar-refractivity contribution in [1.82, 2.24) is 45.3 Å². The van der Waals surface area contributed by atoms with Gasteiger partial charge in [-0.15, -0.1) is 0 Å². The van der Waals surface area contributed by atoms with Crippen LogP contribution in [0.2, 0.25) is 0 Å². The molecule has 2 aliphatic rings. The number of nitrogens with zero attached hydrogens (tertiary/aromatic N) is 6. The first-order valence-corrected chi connectivity index (χ1v) is 28.8. The van der Waals surface area contributed by atoms with Gasteiger partial charge in [-0.1, -0.05) is 102 Å². The molecule has 460 valence electrons. The zero-order valence-electron chi connectivity index (χ0n) is 51.8. The number of carboxylic acid groups (broad SMARTS) is 1. The number of ether oxygens (including phenoxy) is 2. The lowest BCUT2D eigenvalue weighted by Crippen LogP contribution is -2.63. The molecule has 2 heterocycles. The summed E-state index contributed by atoms with van der Waals surface area (Å²) in [5.74, 6) is -11.6. The fourth-order valence-corrected chi connectivity index (χ4v) is 10.9. The Hall–Kier alpha value is -6.81. The van der Waals surface area contributed by atoms with Crippen molar-refractivity contribution in [2.45, 2.75) is 182 Å². The van der Waals surface area contributed by atoms with Gasteiger partial charge >= 0.3 is 11.9 Å². The van der Waals surface area contributed by atoms with E-state index in [0.717, 1.165) is 14.7 Å². The molecule has 3 rings (SSSR count). The number of methoxy groups -OCH3 is 1. The number of benzene rings is 1. The van der Waals surface area contributed by atoms with Crippen LogP contribution in [0.5, 0.6) is 5.75 Å². The molecule has 10 atom stereocenters. The molecule has 4 N–H and O–H groups in total. The topological polar surface area (TPSA) is 282 Å². The third kappa shape index (κ3) is 17.6. The van der Waals surface area contributed by atoms with Crippen LogP contribution in [0.3, 0.4) is 0 Å². The molecule has 10 unspecified atom stereocenters. The lowest BCUT2D eigenvalue weighted by molar-refractivity contribution is -0.169. The maximum atomic E-state index is 14.9. The molecule has 0 radical (unpaired) electrons. The van der Waals surface area contributed by atoms with Gasteiger partial charge in [0.1, 0.15) is 54.1 Å². The highest BCUT2D eigenvalue weighted by molar-refractivity contribution is 5.99. The normalized spacial score (nSPS) is 26.1. The van der Waals surface area contributed by atoms with Gasteiger partial charge in [0.15, 0.2) is 6.10 Å². The molecule has 0 saturated carbocycles. The van der Waals surface area contributed by atoms with Crippen LogP contribution in [0.25, 0.3) is 0 Å². The molecule has 0 spiro atoms. The molecule has 0 aliphatic carbocycles. The quantitative estimate of drug-likeness (QED) is 0.207. The first-order valence-electron chi connectivity index (χ1n) is 28.8. The molecular formula is C59H95N9O14. The second-order valence-electron chi connectivity index (χ2n) is 24.0. The number of carboxylic acids is 1. The minimum absolute atomic E-state index is 0.0525. The molecule has 23 heteroatoms. The number of cyclic esters (lactones) is 1. The lowest BCUT2D eigenvalue weighted by Gasteiger charge is -2.41. The van der Waals surface area contributed by atoms with E-state index < -0.39 is 162 Å². The Bertz CT molecular complexity index is 2430. The Balaban J connectivity index is 2.31. The maximum absolute atomic E-state index is 14.9. The van der Waals surface area contributed by atoms with Crippen LogP contribution in [0.4, 0.5) is 0 Å². The largest absolute Gasteiger partial charge is 0.497 e. The average molecular weight is 1150 g/mol. The maximum Gasteiger partial charge on any atom is 0.329 e. The molecule has 2 fully saturated rings. The van der Waals surface area contributed by atoms with E-state index in [1.807, 2.05) is 20.8 Å². The lowest BCUT2D eigenvalue weighted by atomic mass is 9.94. The number of carbonyl (C=O) groups excluding carboxylic acids is 10. The van der Waals surface area contributed by atoms with E-state index in [9.17, 15) is 57.8 Å². The van der Waals surface area contributed by atoms with Crippen LogP contribution in [-0.2, 0) is 63.9 Å². The van der Waals surface area contributed by atoms with E-state index in [1.165, 1.54) is 57.0 Å². The highest BCUT2D eigenvalue weighted by atomic mass is 16.6. The second-order valence-corrected chi connectivity index (χ2v) is 24.0. The second kappa shape index (κ2) is 31.0. The fraction of sp³-hybridized carbons (Fsp3) is 0.712. The van der Waals surface area contributed by atoms with Crippen molar-refractivity contribution in [3.63, 3.8) is 0 Å². The number of esters is 1. The number of aliphatic carboxylic acids is 1. The van der Waals surface area contributed by atoms with Crippen molar-refractivity contribution in [3.8, 4) is 5.75 Å². The summed E-state index contributed by atoms with van der Waals surface area (Å²) in [6, 6.07) is -3.76. The number of rotatable bonds is 13. The van der Waals surface area contributed by atoms with E-state index in [-0.39, 0.29) is 31.7 Å². The summed E-state index contributed by atoms with van der Waals surface area (Å²) in [6.45, 7) is 20.1. The summed E-state index contributed by atoms with van der Waals surface area (Å²) in [7, 11) is 8.26. The molecule has 9 amide bonds. The Morgan fingerprint density at radius 3 is 1.68 bits per heavy atom. The van der Waals surface area contributed by atoms with Crippen molar-refractivity contribution in [2.24, 2.45) is 35.5 Å². The van der Waals surface area contributed by atoms with E-state index in [4.69, 9.17) is 9.47 Å². The molecular weight excluding hydrogens is 1060 g/mol. The number of likely N-dealkylation sites (N-methyl/N-ethyl adjacent to an activating group) is 5. The van der Waals surface area contributed by atoms with Crippen LogP contribution in [0, 0.1) is 35.5 Å². The number of nitrogens with one attached hydrogen (secondary N) is 3. The van der Waals surface area contributed by atoms with Crippen molar-refractivity contribution >= 4 is 65.1 Å². The van der Waals surface area contributed by atoms with E-state index in [2.05, 4.69) is 16.0 Å². The smallest absolute Gasteiger partial charge is 0.329 e. The summed E-state index contributed by atoms with van der Waals surface area (Å²) in [6.07, 6.45) is -0.770. The van der Waals surface area contributed by atoms with Crippen LogP contribution in [0.1, 0.15) is 127 Å². The Morgan fingerprint density at radius 2 is 1.17 bits per heavy atom. The Labute approximate surface area is 485 Å². The standard InChI is InChI=1S/C59H95N9O14/c1-19-37(12)49-51(72)60-31-44(69)65(15)47(34(6)7)52(73)61-40(29-38-23-25-39(81-18)26-24-38)59(80)82-50(36(10)11)58(79)68-27-21-20-22-41(68)54(75)66(16)48(35(8)9)53(74)62-46(33(4)5)57(78)64(14)43(30-45(70)71)55(76)63(13)42(28-32(2)3)56(77)67(49)17/h23-26,32-37,40-43,46-50H,19-22,27-31H2,1-18H3,(H,60,72)(H,61,73)(H,62,74)(H,70,71). The molecule has 23 nitrogen and oxygen atoms in total. The molecule has 2 saturated heterocycles. The summed E-state index contributed by atoms with van der Waals surface area (Å²) in [5.41, 5.74) is 0.584. The molecule has 0 bridgehead atoms. The van der Waals surface area contributed by atoms with Gasteiger partial charge in [0.05, 0.1) is 20.1 Å². The predicted molar refractivity (Wildman–Crippen MR) is 306 cm³/mol. The number of piperidine rings is 1. The van der Waals surface area contributed by atoms with Gasteiger partial charge in [-0.25, -0.2) is 4.79 Å². The zero-order valence-corrected chi connectivity index (χ0v) is 51.8. The van der Waals surface area contributed by atoms with Gasteiger partial charge in [-0.05, 0) is 78.9 Å². The van der Waals surface area contributed by atoms with Crippen molar-refractivity contribution in [2.75, 3.05) is 55.4 Å². The fourth-order valence-electron chi connectivity index (χ4n) is 10.9. The molecule has 1 aromatic carbocycles. The van der Waals surface area contributed by atoms with Gasteiger partial charge < -0.3 is 59.9 Å². The monoisotopic (exact) mass is 1150 g/mol. The average Bonchev–Trinajstić information content (AvgIpc) is 3.54. The van der Waals surface area contributed by atoms with Crippen molar-refractivity contribution < 1.29 is 67.3 Å². The number of carbonyl (C=O) groups is 11. The highest BCUT2D eigenvalue weighted by Gasteiger charge is 2.46. The molecule has 2 aliphatic heterocycles. The predicted octanol–water partition coefficient (Wildman–Crippen LogP) is 2.96. The number of fused-ring (bicyclic) bond motifs is 1. The van der Waals surface area contributed by atoms with Gasteiger partial charge in [0.25, 0.3) is 5.91 Å². The van der Waals surface area contributed by atoms with Crippen LogP contribution in [-0.4, -0.2) is 209 Å². The first-order chi connectivity index (χ1) is 38.2. The van der Waals surface area contributed by atoms with Crippen LogP contribution in [0.15, 0.2) is 24.3 Å². The summed E-state index contributed by atoms with van der Waals surface area (Å²) >= 11 is 0. The summed E-state index contributed by atoms with van der Waals surface area (Å²) in [5, 5.41) is 18.4. The van der Waals surface area contributed by atoms with Gasteiger partial charge in [-0.2, -0.15) is 0 Å². The van der Waals surface area contributed by atoms with Gasteiger partial charge in [-0.3, -0.25) is 47.9 Å². The summed E-state index contributed by atoms with van der Waals surface area (Å²) < 4.78 is 11.4. The Morgan fingerprint density at radius 1 is 0.634 bits per heavy atom. The van der Waals surface area contributed by atoms with Crippen LogP contribution >= 0.6 is 0 Å². The number of hydrogen-bond donors (Lipinski definition) is 4. The number of amides is 9. The minimum Gasteiger partial charge on any atom is -0.497 e. The van der Waals surface area contributed by atoms with Gasteiger partial charge in [0.2, 0.25) is 47.3 Å². The van der Waals surface area contributed by atoms with Crippen LogP contribution < -0.4 is 20.7 Å². The third-order valence-corrected chi connectivity index (χ3v) is 15.9.